The summed E-state index contributed by atoms with van der Waals surface area (Å²) in [5, 5.41) is 0. The van der Waals surface area contributed by atoms with E-state index in [-0.39, 0.29) is 13.2 Å². The summed E-state index contributed by atoms with van der Waals surface area (Å²) in [5.74, 6) is -0.999. The summed E-state index contributed by atoms with van der Waals surface area (Å²) < 4.78 is 10.6. The molecular formula is C20H26O4. The Morgan fingerprint density at radius 2 is 1.54 bits per heavy atom. The average molecular weight is 330 g/mol. The predicted molar refractivity (Wildman–Crippen MR) is 93.3 cm³/mol. The number of esters is 2. The van der Waals surface area contributed by atoms with Crippen molar-refractivity contribution in [1.29, 1.82) is 0 Å². The van der Waals surface area contributed by atoms with E-state index in [2.05, 4.69) is 6.07 Å². The van der Waals surface area contributed by atoms with E-state index in [1.165, 1.54) is 0 Å². The molecule has 0 aromatic heterocycles. The summed E-state index contributed by atoms with van der Waals surface area (Å²) in [5.41, 5.74) is 2.65. The van der Waals surface area contributed by atoms with Crippen LogP contribution in [0.5, 0.6) is 0 Å². The highest BCUT2D eigenvalue weighted by Crippen LogP contribution is 2.47. The number of benzene rings is 1. The Balaban J connectivity index is 2.74. The normalized spacial score (nSPS) is 15.7. The van der Waals surface area contributed by atoms with E-state index in [4.69, 9.17) is 9.47 Å². The van der Waals surface area contributed by atoms with Gasteiger partial charge in [0.1, 0.15) is 0 Å². The topological polar surface area (TPSA) is 52.6 Å². The van der Waals surface area contributed by atoms with Gasteiger partial charge < -0.3 is 9.47 Å². The number of ether oxygens (including phenoxy) is 2. The van der Waals surface area contributed by atoms with Crippen molar-refractivity contribution in [2.75, 3.05) is 13.2 Å². The smallest absolute Gasteiger partial charge is 0.328 e. The van der Waals surface area contributed by atoms with Crippen LogP contribution in [0.2, 0.25) is 0 Å². The van der Waals surface area contributed by atoms with Crippen molar-refractivity contribution >= 4 is 17.5 Å². The Morgan fingerprint density at radius 3 is 2.04 bits per heavy atom. The van der Waals surface area contributed by atoms with Gasteiger partial charge in [0.15, 0.2) is 5.41 Å². The van der Waals surface area contributed by atoms with E-state index in [0.29, 0.717) is 12.8 Å². The maximum Gasteiger partial charge on any atom is 0.328 e. The van der Waals surface area contributed by atoms with Crippen LogP contribution in [-0.2, 0) is 25.5 Å². The standard InChI is InChI=1S/C20H26O4/c1-5-15-16-12-10-9-11-14(16)13-20(17(15)6-2,18(21)23-7-3)19(22)24-8-4/h9-12H,5-8,13H2,1-4H3. The van der Waals surface area contributed by atoms with Crippen LogP contribution >= 0.6 is 0 Å². The summed E-state index contributed by atoms with van der Waals surface area (Å²) in [6, 6.07) is 7.96. The van der Waals surface area contributed by atoms with Crippen LogP contribution in [0.25, 0.3) is 5.57 Å². The first-order valence-electron chi connectivity index (χ1n) is 8.71. The van der Waals surface area contributed by atoms with Crippen LogP contribution in [0.15, 0.2) is 29.8 Å². The van der Waals surface area contributed by atoms with Crippen molar-refractivity contribution in [2.45, 2.75) is 47.0 Å². The Bertz CT molecular complexity index is 639. The molecule has 0 N–H and O–H groups in total. The lowest BCUT2D eigenvalue weighted by Gasteiger charge is -2.37. The van der Waals surface area contributed by atoms with Crippen molar-refractivity contribution in [1.82, 2.24) is 0 Å². The van der Waals surface area contributed by atoms with E-state index >= 15 is 0 Å². The number of carbonyl (C=O) groups is 2. The maximum absolute atomic E-state index is 12.9. The van der Waals surface area contributed by atoms with E-state index < -0.39 is 17.4 Å². The van der Waals surface area contributed by atoms with Crippen molar-refractivity contribution in [3.05, 3.63) is 41.0 Å². The second-order valence-corrected chi connectivity index (χ2v) is 5.84. The number of fused-ring (bicyclic) bond motifs is 1. The predicted octanol–water partition coefficient (Wildman–Crippen LogP) is 3.93. The van der Waals surface area contributed by atoms with Gasteiger partial charge in [-0.15, -0.1) is 0 Å². The van der Waals surface area contributed by atoms with Gasteiger partial charge in [-0.25, -0.2) is 0 Å². The quantitative estimate of drug-likeness (QED) is 0.586. The van der Waals surface area contributed by atoms with Crippen LogP contribution in [0, 0.1) is 5.41 Å². The van der Waals surface area contributed by atoms with Gasteiger partial charge >= 0.3 is 11.9 Å². The number of hydrogen-bond acceptors (Lipinski definition) is 4. The fraction of sp³-hybridized carbons (Fsp3) is 0.500. The molecule has 0 aliphatic heterocycles. The van der Waals surface area contributed by atoms with Gasteiger partial charge in [-0.1, -0.05) is 38.1 Å². The largest absolute Gasteiger partial charge is 0.465 e. The molecule has 1 aromatic carbocycles. The van der Waals surface area contributed by atoms with Gasteiger partial charge in [0.05, 0.1) is 13.2 Å². The van der Waals surface area contributed by atoms with Crippen molar-refractivity contribution in [2.24, 2.45) is 5.41 Å². The summed E-state index contributed by atoms with van der Waals surface area (Å²) in [4.78, 5) is 25.8. The summed E-state index contributed by atoms with van der Waals surface area (Å²) in [6.45, 7) is 8.01. The van der Waals surface area contributed by atoms with E-state index in [9.17, 15) is 9.59 Å². The number of carbonyl (C=O) groups excluding carboxylic acids is 2. The molecule has 0 fully saturated rings. The first-order valence-corrected chi connectivity index (χ1v) is 8.71. The van der Waals surface area contributed by atoms with E-state index in [0.717, 1.165) is 28.7 Å². The molecule has 1 aliphatic rings. The molecule has 1 aromatic rings. The molecule has 0 heterocycles. The van der Waals surface area contributed by atoms with E-state index in [1.807, 2.05) is 32.0 Å². The maximum atomic E-state index is 12.9. The third-order valence-corrected chi connectivity index (χ3v) is 4.63. The van der Waals surface area contributed by atoms with Crippen LogP contribution in [0.4, 0.5) is 0 Å². The molecule has 0 radical (unpaired) electrons. The highest BCUT2D eigenvalue weighted by molar-refractivity contribution is 6.07. The first-order chi connectivity index (χ1) is 11.6. The van der Waals surface area contributed by atoms with E-state index in [1.54, 1.807) is 13.8 Å². The second kappa shape index (κ2) is 7.65. The minimum Gasteiger partial charge on any atom is -0.465 e. The summed E-state index contributed by atoms with van der Waals surface area (Å²) in [7, 11) is 0. The zero-order valence-electron chi connectivity index (χ0n) is 15.0. The minimum atomic E-state index is -1.36. The molecule has 0 bridgehead atoms. The monoisotopic (exact) mass is 330 g/mol. The van der Waals surface area contributed by atoms with Crippen LogP contribution in [0.3, 0.4) is 0 Å². The van der Waals surface area contributed by atoms with Crippen molar-refractivity contribution in [3.8, 4) is 0 Å². The molecule has 4 nitrogen and oxygen atoms in total. The lowest BCUT2D eigenvalue weighted by atomic mass is 9.66. The molecule has 0 saturated carbocycles. The Labute approximate surface area is 143 Å². The molecule has 130 valence electrons. The van der Waals surface area contributed by atoms with Crippen LogP contribution in [0.1, 0.15) is 51.7 Å². The third kappa shape index (κ3) is 2.85. The fourth-order valence-electron chi connectivity index (χ4n) is 3.68. The SMILES string of the molecule is CCOC(=O)C1(C(=O)OCC)Cc2ccccc2C(CC)=C1CC. The Morgan fingerprint density at radius 1 is 0.958 bits per heavy atom. The molecule has 0 unspecified atom stereocenters. The van der Waals surface area contributed by atoms with Gasteiger partial charge in [0.25, 0.3) is 0 Å². The molecule has 1 aliphatic carbocycles. The van der Waals surface area contributed by atoms with Crippen LogP contribution in [-0.4, -0.2) is 25.2 Å². The summed E-state index contributed by atoms with van der Waals surface area (Å²) >= 11 is 0. The van der Waals surface area contributed by atoms with Gasteiger partial charge in [-0.2, -0.15) is 0 Å². The highest BCUT2D eigenvalue weighted by Gasteiger charge is 2.54. The highest BCUT2D eigenvalue weighted by atomic mass is 16.6. The minimum absolute atomic E-state index is 0.236. The molecule has 24 heavy (non-hydrogen) atoms. The average Bonchev–Trinajstić information content (AvgIpc) is 2.59. The lowest BCUT2D eigenvalue weighted by molar-refractivity contribution is -0.169. The fourth-order valence-corrected chi connectivity index (χ4v) is 3.68. The zero-order valence-corrected chi connectivity index (χ0v) is 15.0. The second-order valence-electron chi connectivity index (χ2n) is 5.84. The molecule has 0 spiro atoms. The zero-order chi connectivity index (χ0) is 17.7. The Hall–Kier alpha value is -2.10. The van der Waals surface area contributed by atoms with Gasteiger partial charge in [-0.05, 0) is 49.0 Å². The van der Waals surface area contributed by atoms with Gasteiger partial charge in [-0.3, -0.25) is 9.59 Å². The van der Waals surface area contributed by atoms with Crippen LogP contribution < -0.4 is 0 Å². The molecule has 4 heteroatoms. The number of allylic oxidation sites excluding steroid dienone is 1. The first kappa shape index (κ1) is 18.2. The number of rotatable bonds is 6. The lowest BCUT2D eigenvalue weighted by Crippen LogP contribution is -2.47. The van der Waals surface area contributed by atoms with Gasteiger partial charge in [0.2, 0.25) is 0 Å². The molecular weight excluding hydrogens is 304 g/mol. The summed E-state index contributed by atoms with van der Waals surface area (Å²) in [6.07, 6.45) is 1.66. The molecule has 0 amide bonds. The Kier molecular flexibility index (Phi) is 5.81. The third-order valence-electron chi connectivity index (χ3n) is 4.63. The molecule has 2 rings (SSSR count). The molecule has 0 saturated heterocycles. The van der Waals surface area contributed by atoms with Gasteiger partial charge in [0, 0.05) is 6.42 Å². The molecule has 0 atom stereocenters. The van der Waals surface area contributed by atoms with Crippen molar-refractivity contribution < 1.29 is 19.1 Å². The number of hydrogen-bond donors (Lipinski definition) is 0. The van der Waals surface area contributed by atoms with Crippen molar-refractivity contribution in [3.63, 3.8) is 0 Å².